The number of nitrogens with one attached hydrogen (secondary N) is 1. The number of allylic oxidation sites excluding steroid dienone is 3. The Bertz CT molecular complexity index is 369. The second-order valence-electron chi connectivity index (χ2n) is 4.57. The van der Waals surface area contributed by atoms with Gasteiger partial charge in [0.1, 0.15) is 5.82 Å². The molecule has 0 aliphatic heterocycles. The van der Waals surface area contributed by atoms with Crippen molar-refractivity contribution in [3.05, 3.63) is 36.4 Å². The van der Waals surface area contributed by atoms with E-state index in [1.165, 1.54) is 11.1 Å². The molecule has 2 nitrogen and oxygen atoms in total. The van der Waals surface area contributed by atoms with Gasteiger partial charge < -0.3 is 4.98 Å². The first-order valence-corrected chi connectivity index (χ1v) is 4.96. The molecular weight excluding hydrogens is 172 g/mol. The number of aromatic nitrogens is 2. The Kier molecular flexibility index (Phi) is 2.06. The molecule has 2 heteroatoms. The van der Waals surface area contributed by atoms with E-state index in [2.05, 4.69) is 36.5 Å². The minimum absolute atomic E-state index is 0.160. The van der Waals surface area contributed by atoms with Crippen LogP contribution in [0.25, 0.3) is 5.57 Å². The molecule has 0 atom stereocenters. The third kappa shape index (κ3) is 1.52. The summed E-state index contributed by atoms with van der Waals surface area (Å²) in [4.78, 5) is 7.48. The highest BCUT2D eigenvalue weighted by molar-refractivity contribution is 5.67. The molecule has 0 aromatic carbocycles. The van der Waals surface area contributed by atoms with Gasteiger partial charge >= 0.3 is 0 Å². The van der Waals surface area contributed by atoms with Crippen molar-refractivity contribution in [3.63, 3.8) is 0 Å². The first-order chi connectivity index (χ1) is 6.59. The molecule has 0 saturated heterocycles. The van der Waals surface area contributed by atoms with E-state index in [-0.39, 0.29) is 5.41 Å². The van der Waals surface area contributed by atoms with Crippen molar-refractivity contribution in [3.8, 4) is 0 Å². The molecule has 1 heterocycles. The standard InChI is InChI=1S/C12H16N2/c1-9-4-5-10(12(2,3)8-9)11-13-6-7-14-11/h5-7H,1,4,8H2,2-3H3,(H,13,14). The summed E-state index contributed by atoms with van der Waals surface area (Å²) < 4.78 is 0. The summed E-state index contributed by atoms with van der Waals surface area (Å²) >= 11 is 0. The van der Waals surface area contributed by atoms with E-state index in [4.69, 9.17) is 0 Å². The van der Waals surface area contributed by atoms with Gasteiger partial charge in [-0.05, 0) is 23.8 Å². The van der Waals surface area contributed by atoms with Gasteiger partial charge in [-0.1, -0.05) is 32.1 Å². The zero-order valence-corrected chi connectivity index (χ0v) is 8.80. The Labute approximate surface area is 84.8 Å². The van der Waals surface area contributed by atoms with Crippen LogP contribution < -0.4 is 0 Å². The molecule has 0 fully saturated rings. The Balaban J connectivity index is 2.39. The Morgan fingerprint density at radius 2 is 2.29 bits per heavy atom. The SMILES string of the molecule is C=C1CC=C(c2ncc[nH]2)C(C)(C)C1. The van der Waals surface area contributed by atoms with Crippen LogP contribution in [0.15, 0.2) is 30.6 Å². The summed E-state index contributed by atoms with van der Waals surface area (Å²) in [7, 11) is 0. The van der Waals surface area contributed by atoms with Crippen LogP contribution in [0.5, 0.6) is 0 Å². The molecule has 0 amide bonds. The second-order valence-corrected chi connectivity index (χ2v) is 4.57. The molecule has 74 valence electrons. The molecule has 0 spiro atoms. The lowest BCUT2D eigenvalue weighted by Crippen LogP contribution is -2.18. The van der Waals surface area contributed by atoms with Crippen molar-refractivity contribution in [2.75, 3.05) is 0 Å². The molecule has 0 unspecified atom stereocenters. The maximum atomic E-state index is 4.31. The van der Waals surface area contributed by atoms with E-state index in [1.807, 2.05) is 6.20 Å². The summed E-state index contributed by atoms with van der Waals surface area (Å²) in [5, 5.41) is 0. The highest BCUT2D eigenvalue weighted by Crippen LogP contribution is 2.42. The Hall–Kier alpha value is -1.31. The van der Waals surface area contributed by atoms with Crippen molar-refractivity contribution < 1.29 is 0 Å². The predicted molar refractivity (Wildman–Crippen MR) is 58.7 cm³/mol. The van der Waals surface area contributed by atoms with Crippen LogP contribution in [0.3, 0.4) is 0 Å². The van der Waals surface area contributed by atoms with Gasteiger partial charge in [0.25, 0.3) is 0 Å². The average Bonchev–Trinajstić information content (AvgIpc) is 2.54. The van der Waals surface area contributed by atoms with Crippen molar-refractivity contribution in [1.82, 2.24) is 9.97 Å². The van der Waals surface area contributed by atoms with Gasteiger partial charge in [-0.3, -0.25) is 0 Å². The van der Waals surface area contributed by atoms with E-state index in [0.29, 0.717) is 0 Å². The van der Waals surface area contributed by atoms with Gasteiger partial charge in [-0.25, -0.2) is 4.98 Å². The first-order valence-electron chi connectivity index (χ1n) is 4.96. The van der Waals surface area contributed by atoms with Crippen molar-refractivity contribution in [2.45, 2.75) is 26.7 Å². The summed E-state index contributed by atoms with van der Waals surface area (Å²) in [5.41, 5.74) is 2.79. The molecule has 2 rings (SSSR count). The molecule has 1 aliphatic carbocycles. The lowest BCUT2D eigenvalue weighted by atomic mass is 9.74. The van der Waals surface area contributed by atoms with E-state index in [0.717, 1.165) is 18.7 Å². The van der Waals surface area contributed by atoms with Gasteiger partial charge in [0.2, 0.25) is 0 Å². The molecule has 1 aliphatic rings. The maximum absolute atomic E-state index is 4.31. The van der Waals surface area contributed by atoms with E-state index < -0.39 is 0 Å². The fourth-order valence-corrected chi connectivity index (χ4v) is 2.14. The predicted octanol–water partition coefficient (Wildman–Crippen LogP) is 3.17. The normalized spacial score (nSPS) is 20.7. The van der Waals surface area contributed by atoms with Crippen LogP contribution in [-0.2, 0) is 0 Å². The maximum Gasteiger partial charge on any atom is 0.133 e. The number of nitrogens with zero attached hydrogens (tertiary/aromatic N) is 1. The number of hydrogen-bond donors (Lipinski definition) is 1. The third-order valence-electron chi connectivity index (χ3n) is 2.77. The zero-order chi connectivity index (χ0) is 10.2. The van der Waals surface area contributed by atoms with Crippen LogP contribution in [-0.4, -0.2) is 9.97 Å². The largest absolute Gasteiger partial charge is 0.345 e. The average molecular weight is 188 g/mol. The van der Waals surface area contributed by atoms with E-state index in [1.54, 1.807) is 6.20 Å². The zero-order valence-electron chi connectivity index (χ0n) is 8.80. The molecule has 0 bridgehead atoms. The molecule has 14 heavy (non-hydrogen) atoms. The van der Waals surface area contributed by atoms with Gasteiger partial charge in [0, 0.05) is 12.4 Å². The van der Waals surface area contributed by atoms with Crippen LogP contribution in [0, 0.1) is 5.41 Å². The van der Waals surface area contributed by atoms with Gasteiger partial charge in [-0.15, -0.1) is 0 Å². The van der Waals surface area contributed by atoms with Crippen molar-refractivity contribution >= 4 is 5.57 Å². The molecule has 0 saturated carbocycles. The molecule has 1 aromatic rings. The lowest BCUT2D eigenvalue weighted by Gasteiger charge is -2.31. The Morgan fingerprint density at radius 3 is 2.86 bits per heavy atom. The van der Waals surface area contributed by atoms with E-state index in [9.17, 15) is 0 Å². The van der Waals surface area contributed by atoms with Crippen molar-refractivity contribution in [1.29, 1.82) is 0 Å². The Morgan fingerprint density at radius 1 is 1.50 bits per heavy atom. The molecule has 1 aromatic heterocycles. The van der Waals surface area contributed by atoms with Crippen LogP contribution in [0.1, 0.15) is 32.5 Å². The van der Waals surface area contributed by atoms with Gasteiger partial charge in [0.15, 0.2) is 0 Å². The summed E-state index contributed by atoms with van der Waals surface area (Å²) in [5.74, 6) is 1.00. The minimum Gasteiger partial charge on any atom is -0.345 e. The van der Waals surface area contributed by atoms with E-state index >= 15 is 0 Å². The topological polar surface area (TPSA) is 28.7 Å². The van der Waals surface area contributed by atoms with Gasteiger partial charge in [-0.2, -0.15) is 0 Å². The number of aromatic amines is 1. The molecule has 1 N–H and O–H groups in total. The van der Waals surface area contributed by atoms with Crippen LogP contribution >= 0.6 is 0 Å². The van der Waals surface area contributed by atoms with Gasteiger partial charge in [0.05, 0.1) is 0 Å². The fourth-order valence-electron chi connectivity index (χ4n) is 2.14. The quantitative estimate of drug-likeness (QED) is 0.674. The monoisotopic (exact) mass is 188 g/mol. The highest BCUT2D eigenvalue weighted by Gasteiger charge is 2.29. The summed E-state index contributed by atoms with van der Waals surface area (Å²) in [6.45, 7) is 8.53. The first kappa shape index (κ1) is 9.25. The lowest BCUT2D eigenvalue weighted by molar-refractivity contribution is 0.478. The second kappa shape index (κ2) is 3.12. The number of H-pyrrole nitrogens is 1. The third-order valence-corrected chi connectivity index (χ3v) is 2.77. The number of hydrogen-bond acceptors (Lipinski definition) is 1. The number of rotatable bonds is 1. The van der Waals surface area contributed by atoms with Crippen LogP contribution in [0.4, 0.5) is 0 Å². The fraction of sp³-hybridized carbons (Fsp3) is 0.417. The van der Waals surface area contributed by atoms with Crippen LogP contribution in [0.2, 0.25) is 0 Å². The highest BCUT2D eigenvalue weighted by atomic mass is 14.9. The van der Waals surface area contributed by atoms with Crippen molar-refractivity contribution in [2.24, 2.45) is 5.41 Å². The summed E-state index contributed by atoms with van der Waals surface area (Å²) in [6.07, 6.45) is 7.95. The minimum atomic E-state index is 0.160. The smallest absolute Gasteiger partial charge is 0.133 e. The molecular formula is C12H16N2. The molecule has 0 radical (unpaired) electrons. The summed E-state index contributed by atoms with van der Waals surface area (Å²) in [6, 6.07) is 0. The number of imidazole rings is 1.